The van der Waals surface area contributed by atoms with Crippen LogP contribution in [-0.2, 0) is 0 Å². The van der Waals surface area contributed by atoms with Crippen LogP contribution in [0, 0.1) is 6.92 Å². The van der Waals surface area contributed by atoms with Crippen molar-refractivity contribution in [3.05, 3.63) is 33.5 Å². The van der Waals surface area contributed by atoms with Crippen molar-refractivity contribution in [3.63, 3.8) is 0 Å². The standard InChI is InChI=1S/C13H14BrClN4O/c1-3-4-20-13-18-11(15)17-12(19-13)16-10-6-8(2)5-9(14)7-10/h5-7H,3-4H2,1-2H3,(H,16,17,18,19). The van der Waals surface area contributed by atoms with Crippen LogP contribution in [0.25, 0.3) is 0 Å². The van der Waals surface area contributed by atoms with Gasteiger partial charge in [-0.05, 0) is 48.7 Å². The Morgan fingerprint density at radius 3 is 2.75 bits per heavy atom. The van der Waals surface area contributed by atoms with Crippen LogP contribution in [0.4, 0.5) is 11.6 Å². The van der Waals surface area contributed by atoms with Crippen LogP contribution in [0.3, 0.4) is 0 Å². The van der Waals surface area contributed by atoms with E-state index in [1.807, 2.05) is 32.0 Å². The van der Waals surface area contributed by atoms with E-state index in [2.05, 4.69) is 36.2 Å². The first kappa shape index (κ1) is 15.0. The maximum absolute atomic E-state index is 5.87. The maximum atomic E-state index is 5.87. The molecule has 0 fully saturated rings. The summed E-state index contributed by atoms with van der Waals surface area (Å²) in [6.45, 7) is 4.55. The predicted molar refractivity (Wildman–Crippen MR) is 82.8 cm³/mol. The first-order valence-corrected chi connectivity index (χ1v) is 7.32. The van der Waals surface area contributed by atoms with Gasteiger partial charge in [0.1, 0.15) is 0 Å². The fourth-order valence-corrected chi connectivity index (χ4v) is 2.34. The topological polar surface area (TPSA) is 59.9 Å². The molecule has 0 aliphatic carbocycles. The van der Waals surface area contributed by atoms with Gasteiger partial charge in [-0.2, -0.15) is 15.0 Å². The summed E-state index contributed by atoms with van der Waals surface area (Å²) in [5.41, 5.74) is 1.98. The van der Waals surface area contributed by atoms with Crippen molar-refractivity contribution in [2.75, 3.05) is 11.9 Å². The lowest BCUT2D eigenvalue weighted by atomic mass is 10.2. The van der Waals surface area contributed by atoms with E-state index in [9.17, 15) is 0 Å². The zero-order valence-electron chi connectivity index (χ0n) is 11.2. The smallest absolute Gasteiger partial charge is 0.322 e. The highest BCUT2D eigenvalue weighted by molar-refractivity contribution is 9.10. The van der Waals surface area contributed by atoms with Gasteiger partial charge in [-0.1, -0.05) is 22.9 Å². The zero-order valence-corrected chi connectivity index (χ0v) is 13.5. The molecule has 1 aromatic heterocycles. The summed E-state index contributed by atoms with van der Waals surface area (Å²) >= 11 is 9.31. The summed E-state index contributed by atoms with van der Waals surface area (Å²) in [5.74, 6) is 0.355. The second-order valence-corrected chi connectivity index (χ2v) is 5.46. The van der Waals surface area contributed by atoms with E-state index in [1.54, 1.807) is 0 Å². The van der Waals surface area contributed by atoms with E-state index in [0.29, 0.717) is 12.6 Å². The molecule has 0 saturated carbocycles. The van der Waals surface area contributed by atoms with Crippen LogP contribution in [0.5, 0.6) is 6.01 Å². The van der Waals surface area contributed by atoms with Crippen LogP contribution in [0.15, 0.2) is 22.7 Å². The number of hydrogen-bond acceptors (Lipinski definition) is 5. The van der Waals surface area contributed by atoms with Crippen LogP contribution < -0.4 is 10.1 Å². The Hall–Kier alpha value is -1.40. The van der Waals surface area contributed by atoms with E-state index >= 15 is 0 Å². The molecule has 0 aliphatic rings. The number of rotatable bonds is 5. The Bertz CT molecular complexity index is 589. The lowest BCUT2D eigenvalue weighted by molar-refractivity contribution is 0.292. The minimum absolute atomic E-state index is 0.0975. The Morgan fingerprint density at radius 2 is 2.05 bits per heavy atom. The number of benzene rings is 1. The number of anilines is 2. The quantitative estimate of drug-likeness (QED) is 0.872. The number of aromatic nitrogens is 3. The molecule has 0 unspecified atom stereocenters. The Kier molecular flexibility index (Phi) is 5.14. The van der Waals surface area contributed by atoms with Crippen molar-refractivity contribution < 1.29 is 4.74 Å². The molecule has 0 atom stereocenters. The lowest BCUT2D eigenvalue weighted by Crippen LogP contribution is -2.05. The van der Waals surface area contributed by atoms with Gasteiger partial charge in [-0.25, -0.2) is 0 Å². The fourth-order valence-electron chi connectivity index (χ4n) is 1.58. The molecule has 5 nitrogen and oxygen atoms in total. The molecule has 1 N–H and O–H groups in total. The van der Waals surface area contributed by atoms with E-state index < -0.39 is 0 Å². The van der Waals surface area contributed by atoms with E-state index in [-0.39, 0.29) is 11.3 Å². The average Bonchev–Trinajstić information content (AvgIpc) is 2.34. The first-order chi connectivity index (χ1) is 9.56. The molecule has 0 saturated heterocycles. The minimum Gasteiger partial charge on any atom is -0.463 e. The maximum Gasteiger partial charge on any atom is 0.322 e. The Morgan fingerprint density at radius 1 is 1.25 bits per heavy atom. The highest BCUT2D eigenvalue weighted by Gasteiger charge is 2.07. The number of nitrogens with zero attached hydrogens (tertiary/aromatic N) is 3. The second kappa shape index (κ2) is 6.85. The van der Waals surface area contributed by atoms with Gasteiger partial charge in [0.25, 0.3) is 0 Å². The van der Waals surface area contributed by atoms with Crippen LogP contribution in [-0.4, -0.2) is 21.6 Å². The third-order valence-corrected chi connectivity index (χ3v) is 2.95. The van der Waals surface area contributed by atoms with Gasteiger partial charge in [0.2, 0.25) is 11.2 Å². The second-order valence-electron chi connectivity index (χ2n) is 4.20. The summed E-state index contributed by atoms with van der Waals surface area (Å²) in [7, 11) is 0. The van der Waals surface area contributed by atoms with Crippen molar-refractivity contribution in [1.29, 1.82) is 0 Å². The van der Waals surface area contributed by atoms with Crippen molar-refractivity contribution in [2.45, 2.75) is 20.3 Å². The molecule has 0 spiro atoms. The normalized spacial score (nSPS) is 10.4. The molecular weight excluding hydrogens is 344 g/mol. The predicted octanol–water partition coefficient (Wildman–Crippen LogP) is 4.13. The van der Waals surface area contributed by atoms with E-state index in [4.69, 9.17) is 16.3 Å². The summed E-state index contributed by atoms with van der Waals surface area (Å²) < 4.78 is 6.34. The summed E-state index contributed by atoms with van der Waals surface area (Å²) in [6.07, 6.45) is 0.872. The molecule has 106 valence electrons. The van der Waals surface area contributed by atoms with E-state index in [1.165, 1.54) is 0 Å². The number of halogens is 2. The third kappa shape index (κ3) is 4.31. The molecule has 0 bridgehead atoms. The molecule has 0 radical (unpaired) electrons. The molecule has 7 heteroatoms. The molecule has 20 heavy (non-hydrogen) atoms. The molecule has 1 aromatic carbocycles. The summed E-state index contributed by atoms with van der Waals surface area (Å²) in [6, 6.07) is 6.15. The fraction of sp³-hybridized carbons (Fsp3) is 0.308. The Labute approximate surface area is 130 Å². The van der Waals surface area contributed by atoms with E-state index in [0.717, 1.165) is 22.1 Å². The molecule has 2 aromatic rings. The average molecular weight is 358 g/mol. The van der Waals surface area contributed by atoms with Gasteiger partial charge in [0.05, 0.1) is 6.61 Å². The number of aryl methyl sites for hydroxylation is 1. The lowest BCUT2D eigenvalue weighted by Gasteiger charge is -2.08. The van der Waals surface area contributed by atoms with Gasteiger partial charge in [0, 0.05) is 10.2 Å². The van der Waals surface area contributed by atoms with Crippen LogP contribution in [0.2, 0.25) is 5.28 Å². The van der Waals surface area contributed by atoms with Gasteiger partial charge >= 0.3 is 6.01 Å². The van der Waals surface area contributed by atoms with Crippen molar-refractivity contribution in [1.82, 2.24) is 15.0 Å². The van der Waals surface area contributed by atoms with Gasteiger partial charge in [-0.3, -0.25) is 0 Å². The van der Waals surface area contributed by atoms with Gasteiger partial charge in [-0.15, -0.1) is 0 Å². The SMILES string of the molecule is CCCOc1nc(Cl)nc(Nc2cc(C)cc(Br)c2)n1. The Balaban J connectivity index is 2.21. The zero-order chi connectivity index (χ0) is 14.5. The van der Waals surface area contributed by atoms with Gasteiger partial charge in [0.15, 0.2) is 0 Å². The highest BCUT2D eigenvalue weighted by Crippen LogP contribution is 2.22. The third-order valence-electron chi connectivity index (χ3n) is 2.32. The number of ether oxygens (including phenoxy) is 1. The monoisotopic (exact) mass is 356 g/mol. The minimum atomic E-state index is 0.0975. The van der Waals surface area contributed by atoms with Crippen LogP contribution >= 0.6 is 27.5 Å². The molecule has 2 rings (SSSR count). The van der Waals surface area contributed by atoms with Crippen molar-refractivity contribution in [3.8, 4) is 6.01 Å². The van der Waals surface area contributed by atoms with Crippen molar-refractivity contribution >= 4 is 39.2 Å². The largest absolute Gasteiger partial charge is 0.463 e. The van der Waals surface area contributed by atoms with Crippen molar-refractivity contribution in [2.24, 2.45) is 0 Å². The molecule has 0 aliphatic heterocycles. The number of hydrogen-bond donors (Lipinski definition) is 1. The first-order valence-electron chi connectivity index (χ1n) is 6.15. The number of nitrogens with one attached hydrogen (secondary N) is 1. The molecule has 1 heterocycles. The summed E-state index contributed by atoms with van der Waals surface area (Å²) in [4.78, 5) is 12.1. The van der Waals surface area contributed by atoms with Gasteiger partial charge < -0.3 is 10.1 Å². The van der Waals surface area contributed by atoms with Crippen LogP contribution in [0.1, 0.15) is 18.9 Å². The highest BCUT2D eigenvalue weighted by atomic mass is 79.9. The summed E-state index contributed by atoms with van der Waals surface area (Å²) in [5, 5.41) is 3.18. The molecular formula is C13H14BrClN4O. The molecule has 0 amide bonds.